The summed E-state index contributed by atoms with van der Waals surface area (Å²) in [5.74, 6) is 2.23. The highest BCUT2D eigenvalue weighted by Crippen LogP contribution is 2.33. The number of nitrogens with one attached hydrogen (secondary N) is 3. The van der Waals surface area contributed by atoms with Crippen LogP contribution in [0, 0.1) is 0 Å². The Bertz CT molecular complexity index is 1140. The van der Waals surface area contributed by atoms with E-state index in [1.54, 1.807) is 51.7 Å². The minimum atomic E-state index is -0.275. The molecule has 0 saturated heterocycles. The molecule has 4 aromatic rings. The smallest absolute Gasteiger partial charge is 0.272 e. The van der Waals surface area contributed by atoms with Crippen molar-refractivity contribution in [2.45, 2.75) is 6.61 Å². The van der Waals surface area contributed by atoms with E-state index in [2.05, 4.69) is 25.5 Å². The number of carbonyl (C=O) groups is 1. The van der Waals surface area contributed by atoms with Crippen LogP contribution in [0.15, 0.2) is 42.5 Å². The molecule has 1 amide bonds. The first-order chi connectivity index (χ1) is 14.6. The van der Waals surface area contributed by atoms with Gasteiger partial charge in [0.1, 0.15) is 23.8 Å². The van der Waals surface area contributed by atoms with Gasteiger partial charge in [0.2, 0.25) is 0 Å². The van der Waals surface area contributed by atoms with Crippen molar-refractivity contribution in [2.75, 3.05) is 26.6 Å². The maximum atomic E-state index is 12.7. The first-order valence-corrected chi connectivity index (χ1v) is 9.18. The second-order valence-corrected chi connectivity index (χ2v) is 6.51. The van der Waals surface area contributed by atoms with E-state index in [1.165, 1.54) is 0 Å². The fourth-order valence-electron chi connectivity index (χ4n) is 3.16. The zero-order chi connectivity index (χ0) is 21.1. The number of benzene rings is 2. The summed E-state index contributed by atoms with van der Waals surface area (Å²) >= 11 is 0. The standard InChI is InChI=1S/C21H21N5O4/c1-28-11-18-24-20(26-25-18)12-4-6-13(7-5-12)22-21(27)15-10-14-16(29-2)8-9-17(30-3)19(14)23-15/h4-10,23H,11H2,1-3H3,(H,22,27)(H,24,25,26). The molecule has 0 aliphatic carbocycles. The molecule has 0 spiro atoms. The van der Waals surface area contributed by atoms with Crippen LogP contribution < -0.4 is 14.8 Å². The minimum absolute atomic E-state index is 0.275. The Balaban J connectivity index is 1.53. The molecule has 0 aliphatic rings. The summed E-state index contributed by atoms with van der Waals surface area (Å²) in [6.45, 7) is 0.362. The average Bonchev–Trinajstić information content (AvgIpc) is 3.41. The van der Waals surface area contributed by atoms with Gasteiger partial charge in [-0.3, -0.25) is 9.89 Å². The number of aromatic nitrogens is 4. The summed E-state index contributed by atoms with van der Waals surface area (Å²) in [5, 5.41) is 10.6. The molecule has 2 heterocycles. The number of fused-ring (bicyclic) bond motifs is 1. The predicted molar refractivity (Wildman–Crippen MR) is 112 cm³/mol. The van der Waals surface area contributed by atoms with E-state index in [0.717, 1.165) is 10.9 Å². The molecule has 2 aromatic carbocycles. The van der Waals surface area contributed by atoms with Crippen molar-refractivity contribution < 1.29 is 19.0 Å². The normalized spacial score (nSPS) is 10.9. The zero-order valence-corrected chi connectivity index (χ0v) is 16.8. The Kier molecular flexibility index (Phi) is 5.36. The van der Waals surface area contributed by atoms with Crippen LogP contribution in [0.25, 0.3) is 22.3 Å². The summed E-state index contributed by atoms with van der Waals surface area (Å²) in [6.07, 6.45) is 0. The lowest BCUT2D eigenvalue weighted by molar-refractivity contribution is 0.102. The zero-order valence-electron chi connectivity index (χ0n) is 16.8. The van der Waals surface area contributed by atoms with Gasteiger partial charge < -0.3 is 24.5 Å². The highest BCUT2D eigenvalue weighted by molar-refractivity contribution is 6.07. The van der Waals surface area contributed by atoms with Gasteiger partial charge in [0, 0.05) is 23.7 Å². The topological polar surface area (TPSA) is 114 Å². The lowest BCUT2D eigenvalue weighted by Gasteiger charge is -2.05. The molecule has 3 N–H and O–H groups in total. The van der Waals surface area contributed by atoms with E-state index in [9.17, 15) is 4.79 Å². The molecule has 0 bridgehead atoms. The molecule has 30 heavy (non-hydrogen) atoms. The Hall–Kier alpha value is -3.85. The number of amides is 1. The Morgan fingerprint density at radius 1 is 1.03 bits per heavy atom. The van der Waals surface area contributed by atoms with Gasteiger partial charge in [-0.1, -0.05) is 0 Å². The van der Waals surface area contributed by atoms with Gasteiger partial charge in [-0.05, 0) is 42.5 Å². The van der Waals surface area contributed by atoms with Crippen molar-refractivity contribution in [1.29, 1.82) is 0 Å². The maximum absolute atomic E-state index is 12.7. The molecule has 0 atom stereocenters. The number of methoxy groups -OCH3 is 3. The van der Waals surface area contributed by atoms with Crippen LogP contribution in [0.2, 0.25) is 0 Å². The van der Waals surface area contributed by atoms with Crippen LogP contribution in [0.3, 0.4) is 0 Å². The lowest BCUT2D eigenvalue weighted by atomic mass is 10.2. The van der Waals surface area contributed by atoms with Gasteiger partial charge in [0.25, 0.3) is 5.91 Å². The van der Waals surface area contributed by atoms with Gasteiger partial charge in [0.05, 0.1) is 19.7 Å². The van der Waals surface area contributed by atoms with E-state index in [1.807, 2.05) is 12.1 Å². The van der Waals surface area contributed by atoms with Crippen molar-refractivity contribution in [2.24, 2.45) is 0 Å². The number of carbonyl (C=O) groups excluding carboxylic acids is 1. The quantitative estimate of drug-likeness (QED) is 0.433. The third-order valence-electron chi connectivity index (χ3n) is 4.61. The minimum Gasteiger partial charge on any atom is -0.496 e. The third kappa shape index (κ3) is 3.70. The molecule has 0 fully saturated rings. The van der Waals surface area contributed by atoms with Crippen LogP contribution in [0.4, 0.5) is 5.69 Å². The Morgan fingerprint density at radius 2 is 1.77 bits per heavy atom. The van der Waals surface area contributed by atoms with Crippen molar-refractivity contribution in [3.05, 3.63) is 54.0 Å². The number of rotatable bonds is 7. The number of hydrogen-bond acceptors (Lipinski definition) is 6. The first-order valence-electron chi connectivity index (χ1n) is 9.18. The number of nitrogens with zero attached hydrogens (tertiary/aromatic N) is 2. The summed E-state index contributed by atoms with van der Waals surface area (Å²) in [6, 6.07) is 12.6. The van der Waals surface area contributed by atoms with Crippen molar-refractivity contribution in [3.63, 3.8) is 0 Å². The number of aromatic amines is 2. The predicted octanol–water partition coefficient (Wildman–Crippen LogP) is 3.37. The first kappa shape index (κ1) is 19.5. The molecule has 154 valence electrons. The summed E-state index contributed by atoms with van der Waals surface area (Å²) in [7, 11) is 4.76. The fourth-order valence-corrected chi connectivity index (χ4v) is 3.16. The number of ether oxygens (including phenoxy) is 3. The number of H-pyrrole nitrogens is 2. The van der Waals surface area contributed by atoms with Gasteiger partial charge in [0.15, 0.2) is 11.6 Å². The van der Waals surface area contributed by atoms with Gasteiger partial charge in [-0.15, -0.1) is 0 Å². The van der Waals surface area contributed by atoms with Crippen molar-refractivity contribution in [3.8, 4) is 22.9 Å². The molecule has 0 aliphatic heterocycles. The Morgan fingerprint density at radius 3 is 2.47 bits per heavy atom. The molecular formula is C21H21N5O4. The number of anilines is 1. The van der Waals surface area contributed by atoms with Crippen LogP contribution in [0.1, 0.15) is 16.3 Å². The average molecular weight is 407 g/mol. The summed E-state index contributed by atoms with van der Waals surface area (Å²) in [4.78, 5) is 20.2. The van der Waals surface area contributed by atoms with E-state index < -0.39 is 0 Å². The maximum Gasteiger partial charge on any atom is 0.272 e. The van der Waals surface area contributed by atoms with Gasteiger partial charge in [-0.2, -0.15) is 5.10 Å². The van der Waals surface area contributed by atoms with Crippen LogP contribution in [-0.2, 0) is 11.3 Å². The van der Waals surface area contributed by atoms with Crippen LogP contribution in [-0.4, -0.2) is 47.4 Å². The third-order valence-corrected chi connectivity index (χ3v) is 4.61. The second-order valence-electron chi connectivity index (χ2n) is 6.51. The number of hydrogen-bond donors (Lipinski definition) is 3. The van der Waals surface area contributed by atoms with Crippen molar-refractivity contribution in [1.82, 2.24) is 20.2 Å². The lowest BCUT2D eigenvalue weighted by Crippen LogP contribution is -2.12. The molecule has 9 heteroatoms. The SMILES string of the molecule is COCc1nc(-c2ccc(NC(=O)c3cc4c(OC)ccc(OC)c4[nH]3)cc2)n[nH]1. The van der Waals surface area contributed by atoms with Crippen molar-refractivity contribution >= 4 is 22.5 Å². The molecule has 0 saturated carbocycles. The molecule has 2 aromatic heterocycles. The summed E-state index contributed by atoms with van der Waals surface area (Å²) in [5.41, 5.74) is 2.57. The highest BCUT2D eigenvalue weighted by atomic mass is 16.5. The largest absolute Gasteiger partial charge is 0.496 e. The van der Waals surface area contributed by atoms with Crippen LogP contribution in [0.5, 0.6) is 11.5 Å². The molecule has 4 rings (SSSR count). The van der Waals surface area contributed by atoms with Crippen LogP contribution >= 0.6 is 0 Å². The monoisotopic (exact) mass is 407 g/mol. The fraction of sp³-hybridized carbons (Fsp3) is 0.190. The molecule has 0 unspecified atom stereocenters. The molecular weight excluding hydrogens is 386 g/mol. The highest BCUT2D eigenvalue weighted by Gasteiger charge is 2.16. The van der Waals surface area contributed by atoms with E-state index >= 15 is 0 Å². The van der Waals surface area contributed by atoms with Gasteiger partial charge >= 0.3 is 0 Å². The second kappa shape index (κ2) is 8.26. The Labute approximate surface area is 172 Å². The van der Waals surface area contributed by atoms with E-state index in [4.69, 9.17) is 14.2 Å². The molecule has 9 nitrogen and oxygen atoms in total. The summed E-state index contributed by atoms with van der Waals surface area (Å²) < 4.78 is 15.8. The van der Waals surface area contributed by atoms with E-state index in [-0.39, 0.29) is 5.91 Å². The molecule has 0 radical (unpaired) electrons. The van der Waals surface area contributed by atoms with E-state index in [0.29, 0.717) is 46.7 Å². The van der Waals surface area contributed by atoms with Gasteiger partial charge in [-0.25, -0.2) is 4.98 Å².